The zero-order chi connectivity index (χ0) is 6.12. The van der Waals surface area contributed by atoms with E-state index >= 15 is 0 Å². The van der Waals surface area contributed by atoms with Crippen LogP contribution in [0.1, 0.15) is 33.1 Å². The molecule has 44 valence electrons. The second-order valence-electron chi connectivity index (χ2n) is 1.35. The molecule has 0 radical (unpaired) electrons. The molecule has 0 bridgehead atoms. The van der Waals surface area contributed by atoms with Gasteiger partial charge in [-0.25, -0.2) is 0 Å². The lowest BCUT2D eigenvalue weighted by Crippen LogP contribution is -1.59. The molecule has 0 saturated carbocycles. The highest BCUT2D eigenvalue weighted by molar-refractivity contribution is 5.10. The third-order valence-electron chi connectivity index (χ3n) is 0.707. The van der Waals surface area contributed by atoms with Gasteiger partial charge in [-0.05, 0) is 0 Å². The highest BCUT2D eigenvalue weighted by Crippen LogP contribution is 1.88. The minimum atomic E-state index is 1.34. The summed E-state index contributed by atoms with van der Waals surface area (Å²) in [6.45, 7) is 6.42. The van der Waals surface area contributed by atoms with E-state index in [0.29, 0.717) is 0 Å². The van der Waals surface area contributed by atoms with E-state index in [1.807, 2.05) is 6.79 Å². The van der Waals surface area contributed by atoms with E-state index in [4.69, 9.17) is 4.79 Å². The fourth-order valence-electron chi connectivity index (χ4n) is 0.354. The van der Waals surface area contributed by atoms with Crippen molar-refractivity contribution in [1.29, 1.82) is 0 Å². The van der Waals surface area contributed by atoms with Gasteiger partial charge < -0.3 is 4.79 Å². The molecule has 1 nitrogen and oxygen atoms in total. The van der Waals surface area contributed by atoms with E-state index in [0.717, 1.165) is 0 Å². The number of hydrogen-bond acceptors (Lipinski definition) is 1. The first kappa shape index (κ1) is 9.83. The molecule has 0 aliphatic rings. The third-order valence-corrected chi connectivity index (χ3v) is 0.707. The Labute approximate surface area is 45.7 Å². The minimum Gasteiger partial charge on any atom is -0.307 e. The van der Waals surface area contributed by atoms with E-state index in [9.17, 15) is 0 Å². The summed E-state index contributed by atoms with van der Waals surface area (Å²) in [5, 5.41) is 0. The van der Waals surface area contributed by atoms with Gasteiger partial charge in [-0.2, -0.15) is 0 Å². The predicted octanol–water partition coefficient (Wildman–Crippen LogP) is 2.01. The lowest BCUT2D eigenvalue weighted by Gasteiger charge is -1.79. The van der Waals surface area contributed by atoms with Crippen molar-refractivity contribution in [1.82, 2.24) is 0 Å². The summed E-state index contributed by atoms with van der Waals surface area (Å²) >= 11 is 0. The monoisotopic (exact) mass is 102 g/mol. The SMILES string of the molecule is C=O.CCCCC. The van der Waals surface area contributed by atoms with Crippen molar-refractivity contribution in [3.63, 3.8) is 0 Å². The molecule has 0 atom stereocenters. The fraction of sp³-hybridized carbons (Fsp3) is 0.833. The van der Waals surface area contributed by atoms with E-state index in [2.05, 4.69) is 13.8 Å². The highest BCUT2D eigenvalue weighted by atomic mass is 16.1. The molecule has 0 amide bonds. The molecule has 0 spiro atoms. The fourth-order valence-corrected chi connectivity index (χ4v) is 0.354. The Morgan fingerprint density at radius 3 is 1.43 bits per heavy atom. The molecule has 0 aromatic rings. The van der Waals surface area contributed by atoms with Crippen molar-refractivity contribution < 1.29 is 4.79 Å². The van der Waals surface area contributed by atoms with Gasteiger partial charge >= 0.3 is 0 Å². The first-order chi connectivity index (χ1) is 3.41. The summed E-state index contributed by atoms with van der Waals surface area (Å²) in [6, 6.07) is 0. The number of hydrogen-bond donors (Lipinski definition) is 0. The largest absolute Gasteiger partial charge is 0.307 e. The molecule has 0 aromatic carbocycles. The van der Waals surface area contributed by atoms with E-state index in [-0.39, 0.29) is 0 Å². The number of carbonyl (C=O) groups is 1. The second kappa shape index (κ2) is 17.3. The van der Waals surface area contributed by atoms with Crippen LogP contribution in [0.4, 0.5) is 0 Å². The average Bonchev–Trinajstić information content (AvgIpc) is 1.75. The van der Waals surface area contributed by atoms with Crippen LogP contribution in [-0.4, -0.2) is 6.79 Å². The molecule has 0 saturated heterocycles. The van der Waals surface area contributed by atoms with Crippen LogP contribution in [-0.2, 0) is 4.79 Å². The van der Waals surface area contributed by atoms with Gasteiger partial charge in [-0.1, -0.05) is 33.1 Å². The van der Waals surface area contributed by atoms with Crippen molar-refractivity contribution in [3.8, 4) is 0 Å². The van der Waals surface area contributed by atoms with Crippen LogP contribution in [0, 0.1) is 0 Å². The molecular formula is C6H14O. The van der Waals surface area contributed by atoms with Crippen LogP contribution in [0.25, 0.3) is 0 Å². The molecule has 7 heavy (non-hydrogen) atoms. The summed E-state index contributed by atoms with van der Waals surface area (Å²) < 4.78 is 0. The second-order valence-corrected chi connectivity index (χ2v) is 1.35. The van der Waals surface area contributed by atoms with Crippen LogP contribution in [0.15, 0.2) is 0 Å². The molecule has 0 N–H and O–H groups in total. The predicted molar refractivity (Wildman–Crippen MR) is 32.3 cm³/mol. The van der Waals surface area contributed by atoms with Gasteiger partial charge in [0.05, 0.1) is 0 Å². The van der Waals surface area contributed by atoms with Crippen LogP contribution in [0.2, 0.25) is 0 Å². The summed E-state index contributed by atoms with van der Waals surface area (Å²) in [5.74, 6) is 0. The summed E-state index contributed by atoms with van der Waals surface area (Å²) in [7, 11) is 0. The number of carbonyl (C=O) groups excluding carboxylic acids is 1. The lowest BCUT2D eigenvalue weighted by molar-refractivity contribution is -0.0979. The molecule has 0 aliphatic heterocycles. The summed E-state index contributed by atoms with van der Waals surface area (Å²) in [4.78, 5) is 8.00. The van der Waals surface area contributed by atoms with Crippen molar-refractivity contribution in [2.24, 2.45) is 0 Å². The van der Waals surface area contributed by atoms with E-state index in [1.165, 1.54) is 19.3 Å². The van der Waals surface area contributed by atoms with Gasteiger partial charge in [0.1, 0.15) is 6.79 Å². The number of unbranched alkanes of at least 4 members (excludes halogenated alkanes) is 2. The van der Waals surface area contributed by atoms with Crippen LogP contribution in [0.3, 0.4) is 0 Å². The standard InChI is InChI=1S/C5H12.CH2O/c1-3-5-4-2;1-2/h3-5H2,1-2H3;1H2. The minimum absolute atomic E-state index is 1.34. The average molecular weight is 102 g/mol. The molecular weight excluding hydrogens is 88.1 g/mol. The Morgan fingerprint density at radius 1 is 1.14 bits per heavy atom. The van der Waals surface area contributed by atoms with Crippen LogP contribution in [0.5, 0.6) is 0 Å². The maximum Gasteiger partial charge on any atom is 0.106 e. The highest BCUT2D eigenvalue weighted by Gasteiger charge is 1.68. The smallest absolute Gasteiger partial charge is 0.106 e. The molecule has 0 heterocycles. The molecule has 0 aliphatic carbocycles. The molecule has 0 unspecified atom stereocenters. The van der Waals surface area contributed by atoms with Crippen molar-refractivity contribution in [2.45, 2.75) is 33.1 Å². The normalized spacial score (nSPS) is 6.57. The quantitative estimate of drug-likeness (QED) is 0.521. The van der Waals surface area contributed by atoms with Gasteiger partial charge in [0, 0.05) is 0 Å². The maximum absolute atomic E-state index is 8.00. The van der Waals surface area contributed by atoms with Crippen molar-refractivity contribution in [3.05, 3.63) is 0 Å². The summed E-state index contributed by atoms with van der Waals surface area (Å²) in [6.07, 6.45) is 4.08. The maximum atomic E-state index is 8.00. The topological polar surface area (TPSA) is 17.1 Å². The first-order valence-corrected chi connectivity index (χ1v) is 2.70. The Kier molecular flexibility index (Phi) is 24.4. The van der Waals surface area contributed by atoms with Crippen LogP contribution < -0.4 is 0 Å². The third kappa shape index (κ3) is 27.4. The van der Waals surface area contributed by atoms with Gasteiger partial charge in [-0.3, -0.25) is 0 Å². The zero-order valence-corrected chi connectivity index (χ0v) is 5.24. The molecule has 0 fully saturated rings. The van der Waals surface area contributed by atoms with Crippen LogP contribution >= 0.6 is 0 Å². The van der Waals surface area contributed by atoms with Gasteiger partial charge in [-0.15, -0.1) is 0 Å². The van der Waals surface area contributed by atoms with E-state index in [1.54, 1.807) is 0 Å². The molecule has 0 rings (SSSR count). The Hall–Kier alpha value is -0.330. The van der Waals surface area contributed by atoms with Crippen molar-refractivity contribution in [2.75, 3.05) is 0 Å². The lowest BCUT2D eigenvalue weighted by atomic mass is 10.3. The van der Waals surface area contributed by atoms with E-state index < -0.39 is 0 Å². The first-order valence-electron chi connectivity index (χ1n) is 2.70. The number of rotatable bonds is 2. The Morgan fingerprint density at radius 2 is 1.43 bits per heavy atom. The molecule has 1 heteroatoms. The van der Waals surface area contributed by atoms with Gasteiger partial charge in [0.25, 0.3) is 0 Å². The summed E-state index contributed by atoms with van der Waals surface area (Å²) in [5.41, 5.74) is 0. The Bertz CT molecular complexity index is 18.1. The molecule has 0 aromatic heterocycles. The zero-order valence-electron chi connectivity index (χ0n) is 5.24. The Balaban J connectivity index is 0. The van der Waals surface area contributed by atoms with Crippen molar-refractivity contribution >= 4 is 6.79 Å². The van der Waals surface area contributed by atoms with Gasteiger partial charge in [0.15, 0.2) is 0 Å². The van der Waals surface area contributed by atoms with Gasteiger partial charge in [0.2, 0.25) is 0 Å².